The molecule has 0 saturated carbocycles. The summed E-state index contributed by atoms with van der Waals surface area (Å²) in [7, 11) is 0. The molecule has 4 heterocycles. The van der Waals surface area contributed by atoms with Crippen LogP contribution >= 0.6 is 0 Å². The quantitative estimate of drug-likeness (QED) is 0.121. The van der Waals surface area contributed by atoms with Crippen molar-refractivity contribution in [2.75, 3.05) is 38.1 Å². The molecule has 0 unspecified atom stereocenters. The number of rotatable bonds is 12. The number of aromatic amines is 1. The van der Waals surface area contributed by atoms with E-state index in [0.29, 0.717) is 41.9 Å². The van der Waals surface area contributed by atoms with Crippen molar-refractivity contribution < 1.29 is 47.9 Å². The highest BCUT2D eigenvalue weighted by Crippen LogP contribution is 2.42. The van der Waals surface area contributed by atoms with Gasteiger partial charge in [0.1, 0.15) is 29.2 Å². The SMILES string of the molecule is CC(C)c1cc(-c2n[nH]c(=O)n2-c2ccc(CN3CCN(C(=O)CC(C)(C)CC(=O)Nc4ccn([C@@H]5O[C@H](CO)[C@@H](O)C5(F)F)c(=O)n4)CC3)c(F)c2)c(O)cc1O. The van der Waals surface area contributed by atoms with Crippen molar-refractivity contribution in [3.63, 3.8) is 0 Å². The van der Waals surface area contributed by atoms with Gasteiger partial charge in [-0.3, -0.25) is 19.1 Å². The van der Waals surface area contributed by atoms with Gasteiger partial charge in [-0.1, -0.05) is 33.8 Å². The largest absolute Gasteiger partial charge is 0.508 e. The van der Waals surface area contributed by atoms with Crippen LogP contribution in [-0.2, 0) is 20.9 Å². The van der Waals surface area contributed by atoms with Crippen LogP contribution in [0.15, 0.2) is 52.2 Å². The first-order valence-corrected chi connectivity index (χ1v) is 18.5. The molecule has 2 saturated heterocycles. The van der Waals surface area contributed by atoms with Gasteiger partial charge in [0.2, 0.25) is 18.0 Å². The lowest BCUT2D eigenvalue weighted by Crippen LogP contribution is -2.49. The Labute approximate surface area is 329 Å². The Hall–Kier alpha value is -5.57. The average Bonchev–Trinajstić information content (AvgIpc) is 3.63. The van der Waals surface area contributed by atoms with E-state index in [1.54, 1.807) is 30.9 Å². The third-order valence-electron chi connectivity index (χ3n) is 10.3. The summed E-state index contributed by atoms with van der Waals surface area (Å²) in [6.45, 7) is 8.06. The first-order chi connectivity index (χ1) is 27.3. The van der Waals surface area contributed by atoms with Gasteiger partial charge in [-0.15, -0.1) is 0 Å². The van der Waals surface area contributed by atoms with E-state index in [-0.39, 0.29) is 65.6 Å². The fourth-order valence-corrected chi connectivity index (χ4v) is 7.14. The molecule has 4 aromatic rings. The van der Waals surface area contributed by atoms with Crippen LogP contribution in [0.5, 0.6) is 11.5 Å². The molecule has 0 spiro atoms. The zero-order valence-corrected chi connectivity index (χ0v) is 32.2. The molecule has 17 nitrogen and oxygen atoms in total. The van der Waals surface area contributed by atoms with Crippen molar-refractivity contribution in [3.05, 3.63) is 80.5 Å². The molecule has 20 heteroatoms. The minimum absolute atomic E-state index is 0.00402. The van der Waals surface area contributed by atoms with Gasteiger partial charge >= 0.3 is 17.3 Å². The molecule has 6 rings (SSSR count). The summed E-state index contributed by atoms with van der Waals surface area (Å²) >= 11 is 0. The molecule has 2 fully saturated rings. The van der Waals surface area contributed by atoms with Crippen LogP contribution in [0, 0.1) is 11.2 Å². The lowest BCUT2D eigenvalue weighted by atomic mass is 9.84. The number of piperazine rings is 1. The Morgan fingerprint density at radius 1 is 1.05 bits per heavy atom. The third kappa shape index (κ3) is 8.64. The summed E-state index contributed by atoms with van der Waals surface area (Å²) in [5, 5.41) is 48.6. The van der Waals surface area contributed by atoms with Crippen molar-refractivity contribution in [1.82, 2.24) is 34.1 Å². The predicted octanol–water partition coefficient (Wildman–Crippen LogP) is 2.43. The molecule has 2 aromatic heterocycles. The molecule has 2 aliphatic heterocycles. The van der Waals surface area contributed by atoms with Gasteiger partial charge in [0.05, 0.1) is 17.9 Å². The van der Waals surface area contributed by atoms with Gasteiger partial charge in [0.15, 0.2) is 11.9 Å². The number of phenols is 2. The molecule has 2 aliphatic rings. The molecule has 0 bridgehead atoms. The fraction of sp³-hybridized carbons (Fsp3) is 0.474. The van der Waals surface area contributed by atoms with Crippen LogP contribution in [0.1, 0.15) is 63.8 Å². The van der Waals surface area contributed by atoms with Crippen LogP contribution in [0.25, 0.3) is 17.1 Å². The Bertz CT molecular complexity index is 2300. The van der Waals surface area contributed by atoms with Crippen molar-refractivity contribution >= 4 is 17.6 Å². The Morgan fingerprint density at radius 3 is 2.38 bits per heavy atom. The number of phenolic OH excluding ortho intramolecular Hbond substituents is 2. The van der Waals surface area contributed by atoms with Crippen LogP contribution in [0.2, 0.25) is 0 Å². The number of amides is 2. The Morgan fingerprint density at radius 2 is 1.76 bits per heavy atom. The molecule has 3 atom stereocenters. The standard InChI is InChI=1S/C38H45F3N8O9/c1-20(2)23-14-24(27(52)15-26(23)51)33-44-45-36(57)49(33)22-6-5-21(25(39)13-22)18-46-9-11-47(12-10-46)31(54)17-37(3,4)16-30(53)42-29-7-8-48(35(56)43-29)34-38(40,41)32(55)28(19-50)58-34/h5-8,13-15,20,28,32,34,50-52,55H,9-12,16-19H2,1-4H3,(H,45,57)(H,42,43,53,56)/t28-,32-,34-/m1/s1. The normalized spacial score (nSPS) is 19.8. The lowest BCUT2D eigenvalue weighted by molar-refractivity contribution is -0.141. The number of anilines is 1. The number of halogens is 3. The molecule has 2 amide bonds. The van der Waals surface area contributed by atoms with Crippen molar-refractivity contribution in [2.24, 2.45) is 5.41 Å². The highest BCUT2D eigenvalue weighted by atomic mass is 19.3. The highest BCUT2D eigenvalue weighted by Gasteiger charge is 2.59. The van der Waals surface area contributed by atoms with Gasteiger partial charge < -0.3 is 35.4 Å². The monoisotopic (exact) mass is 814 g/mol. The fourth-order valence-electron chi connectivity index (χ4n) is 7.14. The van der Waals surface area contributed by atoms with Gasteiger partial charge in [-0.25, -0.2) is 23.6 Å². The minimum atomic E-state index is -3.89. The van der Waals surface area contributed by atoms with Gasteiger partial charge in [0.25, 0.3) is 0 Å². The Kier molecular flexibility index (Phi) is 11.9. The van der Waals surface area contributed by atoms with Crippen LogP contribution in [0.4, 0.5) is 19.0 Å². The van der Waals surface area contributed by atoms with E-state index in [1.165, 1.54) is 18.2 Å². The van der Waals surface area contributed by atoms with E-state index >= 15 is 4.39 Å². The summed E-state index contributed by atoms with van der Waals surface area (Å²) in [6, 6.07) is 8.13. The van der Waals surface area contributed by atoms with E-state index < -0.39 is 59.5 Å². The van der Waals surface area contributed by atoms with E-state index in [9.17, 15) is 48.4 Å². The van der Waals surface area contributed by atoms with Crippen LogP contribution in [-0.4, -0.2) is 117 Å². The topological polar surface area (TPSA) is 228 Å². The molecule has 312 valence electrons. The third-order valence-corrected chi connectivity index (χ3v) is 10.3. The summed E-state index contributed by atoms with van der Waals surface area (Å²) in [5.74, 6) is -5.94. The van der Waals surface area contributed by atoms with Crippen LogP contribution in [0.3, 0.4) is 0 Å². The van der Waals surface area contributed by atoms with Crippen molar-refractivity contribution in [3.8, 4) is 28.6 Å². The lowest BCUT2D eigenvalue weighted by Gasteiger charge is -2.36. The number of carbonyl (C=O) groups excluding carboxylic acids is 2. The average molecular weight is 815 g/mol. The molecular formula is C38H45F3N8O9. The van der Waals surface area contributed by atoms with Crippen LogP contribution < -0.4 is 16.7 Å². The first-order valence-electron chi connectivity index (χ1n) is 18.5. The number of aromatic nitrogens is 5. The summed E-state index contributed by atoms with van der Waals surface area (Å²) in [4.78, 5) is 58.8. The number of hydrogen-bond donors (Lipinski definition) is 6. The zero-order chi connectivity index (χ0) is 42.3. The number of benzene rings is 2. The number of alkyl halides is 2. The number of aromatic hydroxyl groups is 2. The summed E-state index contributed by atoms with van der Waals surface area (Å²) in [6.07, 6.45) is -5.37. The van der Waals surface area contributed by atoms with E-state index in [2.05, 4.69) is 20.5 Å². The zero-order valence-electron chi connectivity index (χ0n) is 32.2. The number of hydrogen-bond acceptors (Lipinski definition) is 12. The second-order valence-electron chi connectivity index (χ2n) is 15.6. The van der Waals surface area contributed by atoms with Crippen molar-refractivity contribution in [1.29, 1.82) is 0 Å². The molecule has 0 aliphatic carbocycles. The van der Waals surface area contributed by atoms with E-state index in [0.717, 1.165) is 16.8 Å². The van der Waals surface area contributed by atoms with E-state index in [4.69, 9.17) is 4.74 Å². The second-order valence-corrected chi connectivity index (χ2v) is 15.6. The maximum atomic E-state index is 15.5. The number of nitrogens with one attached hydrogen (secondary N) is 2. The van der Waals surface area contributed by atoms with Gasteiger partial charge in [-0.05, 0) is 41.2 Å². The first kappa shape index (κ1) is 42.0. The smallest absolute Gasteiger partial charge is 0.351 e. The number of aliphatic hydroxyl groups excluding tert-OH is 2. The molecule has 58 heavy (non-hydrogen) atoms. The number of nitrogens with zero attached hydrogens (tertiary/aromatic N) is 6. The molecule has 6 N–H and O–H groups in total. The summed E-state index contributed by atoms with van der Waals surface area (Å²) < 4.78 is 51.1. The maximum Gasteiger partial charge on any atom is 0.351 e. The van der Waals surface area contributed by atoms with Gasteiger partial charge in [0, 0.05) is 63.4 Å². The van der Waals surface area contributed by atoms with Gasteiger partial charge in [-0.2, -0.15) is 18.9 Å². The van der Waals surface area contributed by atoms with E-state index in [1.807, 2.05) is 18.7 Å². The minimum Gasteiger partial charge on any atom is -0.508 e. The van der Waals surface area contributed by atoms with Crippen molar-refractivity contribution in [2.45, 2.75) is 77.4 Å². The summed E-state index contributed by atoms with van der Waals surface area (Å²) in [5.41, 5.74) is -1.44. The number of carbonyl (C=O) groups is 2. The Balaban J connectivity index is 1.01. The highest BCUT2D eigenvalue weighted by molar-refractivity contribution is 5.90. The number of aliphatic hydroxyl groups is 2. The molecular weight excluding hydrogens is 769 g/mol. The molecule has 2 aromatic carbocycles. The maximum absolute atomic E-state index is 15.5. The number of ether oxygens (including phenoxy) is 1. The second kappa shape index (κ2) is 16.4. The predicted molar refractivity (Wildman–Crippen MR) is 201 cm³/mol. The number of H-pyrrole nitrogens is 1. The molecule has 0 radical (unpaired) electrons.